The summed E-state index contributed by atoms with van der Waals surface area (Å²) >= 11 is 0. The smallest absolute Gasteiger partial charge is 0.243 e. The topological polar surface area (TPSA) is 102 Å². The van der Waals surface area contributed by atoms with Gasteiger partial charge in [-0.2, -0.15) is 0 Å². The van der Waals surface area contributed by atoms with Gasteiger partial charge >= 0.3 is 0 Å². The molecule has 3 aromatic rings. The van der Waals surface area contributed by atoms with Crippen LogP contribution in [0.4, 0.5) is 5.69 Å². The lowest BCUT2D eigenvalue weighted by Gasteiger charge is -2.14. The van der Waals surface area contributed by atoms with Crippen molar-refractivity contribution in [3.05, 3.63) is 48.2 Å². The molecule has 0 aliphatic heterocycles. The van der Waals surface area contributed by atoms with Crippen molar-refractivity contribution >= 4 is 28.4 Å². The molecule has 1 heterocycles. The molecule has 2 amide bonds. The summed E-state index contributed by atoms with van der Waals surface area (Å²) in [5, 5.41) is 6.33. The number of nitrogens with one attached hydrogen (secondary N) is 3. The number of aromatic amines is 1. The van der Waals surface area contributed by atoms with Crippen LogP contribution in [0.2, 0.25) is 0 Å². The molecule has 3 N–H and O–H groups in total. The van der Waals surface area contributed by atoms with E-state index in [2.05, 4.69) is 15.6 Å². The molecule has 0 saturated heterocycles. The average Bonchev–Trinajstić information content (AvgIpc) is 3.14. The first-order valence-electron chi connectivity index (χ1n) is 8.97. The molecule has 0 atom stereocenters. The quantitative estimate of drug-likeness (QED) is 0.542. The van der Waals surface area contributed by atoms with E-state index in [1.54, 1.807) is 18.3 Å². The summed E-state index contributed by atoms with van der Waals surface area (Å²) in [4.78, 5) is 27.6. The monoisotopic (exact) mass is 397 g/mol. The molecule has 0 unspecified atom stereocenters. The number of benzene rings is 2. The van der Waals surface area contributed by atoms with Crippen molar-refractivity contribution in [2.24, 2.45) is 0 Å². The molecule has 3 rings (SSSR count). The van der Waals surface area contributed by atoms with Crippen molar-refractivity contribution in [3.8, 4) is 17.2 Å². The highest BCUT2D eigenvalue weighted by molar-refractivity contribution is 5.96. The summed E-state index contributed by atoms with van der Waals surface area (Å²) in [5.41, 5.74) is 2.31. The molecule has 0 spiro atoms. The van der Waals surface area contributed by atoms with Crippen LogP contribution in [0, 0.1) is 0 Å². The van der Waals surface area contributed by atoms with Gasteiger partial charge in [-0.3, -0.25) is 9.59 Å². The molecule has 29 heavy (non-hydrogen) atoms. The fourth-order valence-corrected chi connectivity index (χ4v) is 3.05. The van der Waals surface area contributed by atoms with E-state index in [0.717, 1.165) is 16.5 Å². The minimum Gasteiger partial charge on any atom is -0.493 e. The largest absolute Gasteiger partial charge is 0.493 e. The van der Waals surface area contributed by atoms with E-state index in [9.17, 15) is 9.59 Å². The fraction of sp³-hybridized carbons (Fsp3) is 0.238. The lowest BCUT2D eigenvalue weighted by Crippen LogP contribution is -2.33. The number of carbonyl (C=O) groups excluding carboxylic acids is 2. The fourth-order valence-electron chi connectivity index (χ4n) is 3.05. The lowest BCUT2D eigenvalue weighted by molar-refractivity contribution is -0.123. The van der Waals surface area contributed by atoms with E-state index in [4.69, 9.17) is 14.2 Å². The maximum Gasteiger partial charge on any atom is 0.243 e. The Kier molecular flexibility index (Phi) is 6.23. The van der Waals surface area contributed by atoms with Gasteiger partial charge in [0.15, 0.2) is 11.5 Å². The van der Waals surface area contributed by atoms with Crippen LogP contribution in [0.3, 0.4) is 0 Å². The van der Waals surface area contributed by atoms with Crippen molar-refractivity contribution in [1.29, 1.82) is 0 Å². The van der Waals surface area contributed by atoms with Gasteiger partial charge in [-0.25, -0.2) is 0 Å². The van der Waals surface area contributed by atoms with E-state index in [1.165, 1.54) is 21.3 Å². The second kappa shape index (κ2) is 9.01. The van der Waals surface area contributed by atoms with Crippen LogP contribution >= 0.6 is 0 Å². The van der Waals surface area contributed by atoms with Crippen LogP contribution in [-0.2, 0) is 16.0 Å². The summed E-state index contributed by atoms with van der Waals surface area (Å²) < 4.78 is 15.8. The minimum atomic E-state index is -0.369. The Morgan fingerprint density at radius 3 is 2.31 bits per heavy atom. The third-order valence-electron chi connectivity index (χ3n) is 4.42. The number of amides is 2. The molecule has 1 aromatic heterocycles. The standard InChI is InChI=1S/C21H23N3O5/c1-27-17-9-14(10-18(28-2)21(17)29-3)24-20(26)12-23-19(25)8-13-11-22-16-7-5-4-6-15(13)16/h4-7,9-11,22H,8,12H2,1-3H3,(H,23,25)(H,24,26). The Bertz CT molecular complexity index is 1000. The Hall–Kier alpha value is -3.68. The number of fused-ring (bicyclic) bond motifs is 1. The van der Waals surface area contributed by atoms with E-state index in [0.29, 0.717) is 22.9 Å². The van der Waals surface area contributed by atoms with Crippen LogP contribution in [0.1, 0.15) is 5.56 Å². The van der Waals surface area contributed by atoms with Crippen LogP contribution < -0.4 is 24.8 Å². The number of hydrogen-bond donors (Lipinski definition) is 3. The third-order valence-corrected chi connectivity index (χ3v) is 4.42. The highest BCUT2D eigenvalue weighted by Gasteiger charge is 2.15. The van der Waals surface area contributed by atoms with Crippen molar-refractivity contribution < 1.29 is 23.8 Å². The van der Waals surface area contributed by atoms with Gasteiger partial charge in [0.2, 0.25) is 17.6 Å². The number of para-hydroxylation sites is 1. The molecule has 0 bridgehead atoms. The molecular formula is C21H23N3O5. The van der Waals surface area contributed by atoms with Gasteiger partial charge in [0, 0.05) is 34.9 Å². The number of carbonyl (C=O) groups is 2. The first kappa shape index (κ1) is 20.1. The third kappa shape index (κ3) is 4.60. The Morgan fingerprint density at radius 2 is 1.66 bits per heavy atom. The molecule has 0 saturated carbocycles. The minimum absolute atomic E-state index is 0.155. The Morgan fingerprint density at radius 1 is 0.966 bits per heavy atom. The van der Waals surface area contributed by atoms with Crippen LogP contribution in [0.5, 0.6) is 17.2 Å². The zero-order chi connectivity index (χ0) is 20.8. The van der Waals surface area contributed by atoms with Gasteiger partial charge in [-0.15, -0.1) is 0 Å². The first-order valence-corrected chi connectivity index (χ1v) is 8.97. The molecule has 0 aliphatic rings. The molecule has 0 fully saturated rings. The Labute approximate surface area is 168 Å². The molecular weight excluding hydrogens is 374 g/mol. The molecule has 8 heteroatoms. The summed E-state index contributed by atoms with van der Waals surface area (Å²) in [6, 6.07) is 11.0. The van der Waals surface area contributed by atoms with Crippen LogP contribution in [0.25, 0.3) is 10.9 Å². The van der Waals surface area contributed by atoms with Gasteiger partial charge in [0.25, 0.3) is 0 Å². The molecule has 0 aliphatic carbocycles. The normalized spacial score (nSPS) is 10.4. The van der Waals surface area contributed by atoms with Gasteiger partial charge in [0.1, 0.15) is 0 Å². The second-order valence-electron chi connectivity index (χ2n) is 6.28. The van der Waals surface area contributed by atoms with Gasteiger partial charge in [-0.05, 0) is 11.6 Å². The van der Waals surface area contributed by atoms with Crippen molar-refractivity contribution in [2.75, 3.05) is 33.2 Å². The SMILES string of the molecule is COc1cc(NC(=O)CNC(=O)Cc2c[nH]c3ccccc23)cc(OC)c1OC. The number of ether oxygens (including phenoxy) is 3. The van der Waals surface area contributed by atoms with E-state index in [-0.39, 0.29) is 24.8 Å². The van der Waals surface area contributed by atoms with Gasteiger partial charge in [-0.1, -0.05) is 18.2 Å². The van der Waals surface area contributed by atoms with Gasteiger partial charge in [0.05, 0.1) is 34.3 Å². The molecule has 8 nitrogen and oxygen atoms in total. The number of aromatic nitrogens is 1. The molecule has 0 radical (unpaired) electrons. The average molecular weight is 397 g/mol. The number of hydrogen-bond acceptors (Lipinski definition) is 5. The number of anilines is 1. The Balaban J connectivity index is 1.59. The summed E-state index contributed by atoms with van der Waals surface area (Å²) in [6.07, 6.45) is 1.99. The van der Waals surface area contributed by atoms with E-state index >= 15 is 0 Å². The van der Waals surface area contributed by atoms with Crippen molar-refractivity contribution in [2.45, 2.75) is 6.42 Å². The predicted octanol–water partition coefficient (Wildman–Crippen LogP) is 2.49. The zero-order valence-electron chi connectivity index (χ0n) is 16.5. The van der Waals surface area contributed by atoms with E-state index in [1.807, 2.05) is 24.3 Å². The van der Waals surface area contributed by atoms with Gasteiger partial charge < -0.3 is 29.8 Å². The second-order valence-corrected chi connectivity index (χ2v) is 6.28. The first-order chi connectivity index (χ1) is 14.0. The van der Waals surface area contributed by atoms with E-state index < -0.39 is 0 Å². The van der Waals surface area contributed by atoms with Crippen LogP contribution in [-0.4, -0.2) is 44.7 Å². The lowest BCUT2D eigenvalue weighted by atomic mass is 10.1. The maximum absolute atomic E-state index is 12.2. The zero-order valence-corrected chi connectivity index (χ0v) is 16.5. The molecule has 2 aromatic carbocycles. The summed E-state index contributed by atoms with van der Waals surface area (Å²) in [7, 11) is 4.49. The molecule has 152 valence electrons. The van der Waals surface area contributed by atoms with Crippen molar-refractivity contribution in [1.82, 2.24) is 10.3 Å². The number of H-pyrrole nitrogens is 1. The highest BCUT2D eigenvalue weighted by atomic mass is 16.5. The summed E-state index contributed by atoms with van der Waals surface area (Å²) in [6.45, 7) is -0.155. The number of methoxy groups -OCH3 is 3. The summed E-state index contributed by atoms with van der Waals surface area (Å²) in [5.74, 6) is 0.664. The predicted molar refractivity (Wildman–Crippen MR) is 110 cm³/mol. The number of rotatable bonds is 8. The van der Waals surface area contributed by atoms with Crippen molar-refractivity contribution in [3.63, 3.8) is 0 Å². The van der Waals surface area contributed by atoms with Crippen LogP contribution in [0.15, 0.2) is 42.6 Å². The maximum atomic E-state index is 12.2. The highest BCUT2D eigenvalue weighted by Crippen LogP contribution is 2.39.